The fraction of sp³-hybridized carbons (Fsp3) is 0.706. The second-order valence-corrected chi connectivity index (χ2v) is 6.88. The third-order valence-electron chi connectivity index (χ3n) is 5.00. The average molecular weight is 262 g/mol. The van der Waals surface area contributed by atoms with Crippen LogP contribution in [0.5, 0.6) is 0 Å². The van der Waals surface area contributed by atoms with Crippen molar-refractivity contribution in [3.8, 4) is 0 Å². The van der Waals surface area contributed by atoms with Crippen LogP contribution in [-0.2, 0) is 9.53 Å². The van der Waals surface area contributed by atoms with Crippen LogP contribution in [-0.4, -0.2) is 12.1 Å². The minimum Gasteiger partial charge on any atom is -0.458 e. The Morgan fingerprint density at radius 1 is 1.47 bits per heavy atom. The zero-order valence-corrected chi connectivity index (χ0v) is 12.7. The van der Waals surface area contributed by atoms with Crippen LogP contribution in [0.1, 0.15) is 53.4 Å². The fourth-order valence-electron chi connectivity index (χ4n) is 3.68. The minimum absolute atomic E-state index is 0.0603. The first-order valence-electron chi connectivity index (χ1n) is 7.33. The third-order valence-corrected chi connectivity index (χ3v) is 5.00. The van der Waals surface area contributed by atoms with Gasteiger partial charge in [-0.25, -0.2) is 0 Å². The molecular formula is C17H26O2. The highest BCUT2D eigenvalue weighted by molar-refractivity contribution is 5.66. The van der Waals surface area contributed by atoms with E-state index in [0.29, 0.717) is 17.3 Å². The van der Waals surface area contributed by atoms with Gasteiger partial charge in [-0.3, -0.25) is 4.79 Å². The molecule has 0 bridgehead atoms. The molecule has 0 unspecified atom stereocenters. The van der Waals surface area contributed by atoms with E-state index in [2.05, 4.69) is 33.4 Å². The quantitative estimate of drug-likeness (QED) is 0.521. The molecule has 1 saturated carbocycles. The van der Waals surface area contributed by atoms with Gasteiger partial charge in [0, 0.05) is 6.92 Å². The molecule has 2 aliphatic rings. The minimum atomic E-state index is -0.189. The van der Waals surface area contributed by atoms with Crippen molar-refractivity contribution in [2.75, 3.05) is 0 Å². The Morgan fingerprint density at radius 3 is 2.74 bits per heavy atom. The second-order valence-electron chi connectivity index (χ2n) is 6.88. The van der Waals surface area contributed by atoms with Crippen molar-refractivity contribution in [2.24, 2.45) is 17.3 Å². The summed E-state index contributed by atoms with van der Waals surface area (Å²) in [5, 5.41) is 0. The summed E-state index contributed by atoms with van der Waals surface area (Å²) in [4.78, 5) is 11.2. The number of hydrogen-bond donors (Lipinski definition) is 0. The molecular weight excluding hydrogens is 236 g/mol. The smallest absolute Gasteiger partial charge is 0.303 e. The zero-order valence-electron chi connectivity index (χ0n) is 12.7. The van der Waals surface area contributed by atoms with Crippen molar-refractivity contribution in [1.29, 1.82) is 0 Å². The average Bonchev–Trinajstić information content (AvgIpc) is 2.33. The van der Waals surface area contributed by atoms with E-state index in [1.807, 2.05) is 0 Å². The Morgan fingerprint density at radius 2 is 2.16 bits per heavy atom. The van der Waals surface area contributed by atoms with Gasteiger partial charge in [-0.05, 0) is 55.4 Å². The fourth-order valence-corrected chi connectivity index (χ4v) is 3.68. The second kappa shape index (κ2) is 5.15. The van der Waals surface area contributed by atoms with Gasteiger partial charge in [-0.15, -0.1) is 0 Å². The lowest BCUT2D eigenvalue weighted by atomic mass is 9.52. The summed E-state index contributed by atoms with van der Waals surface area (Å²) in [6.07, 6.45) is 6.41. The first-order chi connectivity index (χ1) is 8.81. The molecule has 0 radical (unpaired) electrons. The normalized spacial score (nSPS) is 36.7. The summed E-state index contributed by atoms with van der Waals surface area (Å²) in [6, 6.07) is 0. The highest BCUT2D eigenvalue weighted by Crippen LogP contribution is 2.56. The molecule has 2 aliphatic carbocycles. The number of esters is 1. The van der Waals surface area contributed by atoms with Gasteiger partial charge >= 0.3 is 5.97 Å². The lowest BCUT2D eigenvalue weighted by molar-refractivity contribution is -0.144. The first-order valence-corrected chi connectivity index (χ1v) is 7.33. The number of carbonyl (C=O) groups is 1. The van der Waals surface area contributed by atoms with Gasteiger partial charge in [0.25, 0.3) is 0 Å². The van der Waals surface area contributed by atoms with Crippen LogP contribution < -0.4 is 0 Å². The van der Waals surface area contributed by atoms with Gasteiger partial charge in [0.1, 0.15) is 6.10 Å². The van der Waals surface area contributed by atoms with Crippen LogP contribution in [0.25, 0.3) is 0 Å². The van der Waals surface area contributed by atoms with Crippen LogP contribution in [0.2, 0.25) is 0 Å². The number of ether oxygens (including phenoxy) is 1. The Hall–Kier alpha value is -1.05. The number of carbonyl (C=O) groups excluding carboxylic acids is 1. The molecule has 1 fully saturated rings. The Balaban J connectivity index is 2.16. The van der Waals surface area contributed by atoms with E-state index in [9.17, 15) is 4.79 Å². The van der Waals surface area contributed by atoms with E-state index in [0.717, 1.165) is 19.3 Å². The van der Waals surface area contributed by atoms with E-state index in [4.69, 9.17) is 4.74 Å². The molecule has 106 valence electrons. The van der Waals surface area contributed by atoms with Gasteiger partial charge in [-0.1, -0.05) is 32.1 Å². The van der Waals surface area contributed by atoms with E-state index in [1.165, 1.54) is 24.5 Å². The third kappa shape index (κ3) is 2.93. The summed E-state index contributed by atoms with van der Waals surface area (Å²) >= 11 is 0. The molecule has 0 N–H and O–H groups in total. The Kier molecular flexibility index (Phi) is 3.89. The molecule has 2 nitrogen and oxygen atoms in total. The van der Waals surface area contributed by atoms with Crippen molar-refractivity contribution >= 4 is 5.97 Å². The number of hydrogen-bond acceptors (Lipinski definition) is 2. The number of fused-ring (bicyclic) bond motifs is 1. The van der Waals surface area contributed by atoms with E-state index in [1.54, 1.807) is 0 Å². The van der Waals surface area contributed by atoms with Gasteiger partial charge in [0.05, 0.1) is 0 Å². The molecule has 19 heavy (non-hydrogen) atoms. The van der Waals surface area contributed by atoms with Crippen LogP contribution in [0.15, 0.2) is 23.8 Å². The van der Waals surface area contributed by atoms with Crippen molar-refractivity contribution in [2.45, 2.75) is 59.5 Å². The van der Waals surface area contributed by atoms with Gasteiger partial charge < -0.3 is 4.74 Å². The summed E-state index contributed by atoms with van der Waals surface area (Å²) < 4.78 is 5.44. The highest BCUT2D eigenvalue weighted by Gasteiger charge is 2.47. The van der Waals surface area contributed by atoms with Crippen molar-refractivity contribution in [3.05, 3.63) is 23.8 Å². The molecule has 0 aromatic heterocycles. The highest BCUT2D eigenvalue weighted by atomic mass is 16.5. The molecule has 0 aromatic carbocycles. The molecule has 3 atom stereocenters. The lowest BCUT2D eigenvalue weighted by Gasteiger charge is -2.52. The molecule has 0 spiro atoms. The predicted octanol–water partition coefficient (Wildman–Crippen LogP) is 4.27. The van der Waals surface area contributed by atoms with Gasteiger partial charge in [0.15, 0.2) is 0 Å². The Bertz CT molecular complexity index is 417. The standard InChI is InChI=1S/C17H26O2/c1-11-7-9-16(19-13(3)18)12(2)6-8-15-14(11)10-17(15,4)5/h6,14-16H,1,7-10H2,2-5H3/b12-6+/t14-,15+,16-/m0/s1. The van der Waals surface area contributed by atoms with Crippen LogP contribution >= 0.6 is 0 Å². The molecule has 0 aliphatic heterocycles. The van der Waals surface area contributed by atoms with Crippen LogP contribution in [0, 0.1) is 17.3 Å². The molecule has 0 amide bonds. The summed E-state index contributed by atoms with van der Waals surface area (Å²) in [7, 11) is 0. The largest absolute Gasteiger partial charge is 0.458 e. The lowest BCUT2D eigenvalue weighted by Crippen LogP contribution is -2.44. The monoisotopic (exact) mass is 262 g/mol. The van der Waals surface area contributed by atoms with Gasteiger partial charge in [0.2, 0.25) is 0 Å². The first kappa shape index (κ1) is 14.4. The van der Waals surface area contributed by atoms with Crippen molar-refractivity contribution in [1.82, 2.24) is 0 Å². The molecule has 0 heterocycles. The summed E-state index contributed by atoms with van der Waals surface area (Å²) in [5.74, 6) is 1.17. The van der Waals surface area contributed by atoms with Crippen LogP contribution in [0.3, 0.4) is 0 Å². The topological polar surface area (TPSA) is 26.3 Å². The maximum atomic E-state index is 11.2. The molecule has 2 rings (SSSR count). The molecule has 2 heteroatoms. The maximum absolute atomic E-state index is 11.2. The van der Waals surface area contributed by atoms with Crippen molar-refractivity contribution in [3.63, 3.8) is 0 Å². The van der Waals surface area contributed by atoms with Crippen molar-refractivity contribution < 1.29 is 9.53 Å². The zero-order chi connectivity index (χ0) is 14.2. The number of allylic oxidation sites excluding steroid dienone is 2. The SMILES string of the molecule is C=C1CC[C@H](OC(C)=O)/C(C)=C/C[C@@H]2[C@H]1CC2(C)C. The van der Waals surface area contributed by atoms with Crippen LogP contribution in [0.4, 0.5) is 0 Å². The molecule has 0 aromatic rings. The number of rotatable bonds is 1. The van der Waals surface area contributed by atoms with Gasteiger partial charge in [-0.2, -0.15) is 0 Å². The van der Waals surface area contributed by atoms with E-state index >= 15 is 0 Å². The van der Waals surface area contributed by atoms with E-state index < -0.39 is 0 Å². The summed E-state index contributed by atoms with van der Waals surface area (Å²) in [6.45, 7) is 12.6. The van der Waals surface area contributed by atoms with E-state index in [-0.39, 0.29) is 12.1 Å². The predicted molar refractivity (Wildman–Crippen MR) is 77.7 cm³/mol. The molecule has 0 saturated heterocycles. The Labute approximate surface area is 116 Å². The maximum Gasteiger partial charge on any atom is 0.303 e. The summed E-state index contributed by atoms with van der Waals surface area (Å²) in [5.41, 5.74) is 2.97.